The monoisotopic (exact) mass is 187 g/mol. The van der Waals surface area contributed by atoms with Crippen LogP contribution in [0.5, 0.6) is 6.08 Å². The quantitative estimate of drug-likeness (QED) is 0.660. The van der Waals surface area contributed by atoms with Crippen LogP contribution in [0.15, 0.2) is 10.7 Å². The lowest BCUT2D eigenvalue weighted by molar-refractivity contribution is 0.157. The molecule has 74 valence electrons. The minimum atomic E-state index is -0.134. The Morgan fingerprint density at radius 2 is 2.38 bits per heavy atom. The summed E-state index contributed by atoms with van der Waals surface area (Å²) in [5.41, 5.74) is 0.474. The van der Waals surface area contributed by atoms with Crippen molar-refractivity contribution in [2.75, 3.05) is 20.3 Å². The molecule has 1 aromatic rings. The van der Waals surface area contributed by atoms with Crippen LogP contribution >= 0.6 is 0 Å². The Balaban J connectivity index is 2.20. The van der Waals surface area contributed by atoms with Crippen LogP contribution in [-0.2, 0) is 11.3 Å². The Bertz CT molecular complexity index is 236. The molecule has 5 nitrogen and oxygen atoms in total. The number of aliphatic hydroxyl groups is 1. The fraction of sp³-hybridized carbons (Fsp3) is 0.625. The molecule has 0 fully saturated rings. The van der Waals surface area contributed by atoms with Crippen LogP contribution in [0.2, 0.25) is 0 Å². The van der Waals surface area contributed by atoms with Gasteiger partial charge in [0, 0.05) is 20.1 Å². The highest BCUT2D eigenvalue weighted by Gasteiger charge is 2.02. The van der Waals surface area contributed by atoms with Gasteiger partial charge in [0.2, 0.25) is 0 Å². The van der Waals surface area contributed by atoms with Crippen LogP contribution in [0.3, 0.4) is 0 Å². The number of oxazole rings is 1. The van der Waals surface area contributed by atoms with Crippen LogP contribution in [0.25, 0.3) is 0 Å². The second kappa shape index (κ2) is 5.55. The molecule has 1 aromatic heterocycles. The molecule has 0 radical (unpaired) electrons. The maximum absolute atomic E-state index is 8.66. The molecule has 0 aromatic carbocycles. The van der Waals surface area contributed by atoms with Gasteiger partial charge in [0.05, 0.1) is 13.2 Å². The van der Waals surface area contributed by atoms with Gasteiger partial charge < -0.3 is 19.0 Å². The van der Waals surface area contributed by atoms with Gasteiger partial charge in [0.1, 0.15) is 12.0 Å². The van der Waals surface area contributed by atoms with E-state index in [2.05, 4.69) is 4.98 Å². The number of aliphatic hydroxyl groups excluding tert-OH is 1. The van der Waals surface area contributed by atoms with E-state index in [-0.39, 0.29) is 12.7 Å². The fourth-order valence-corrected chi connectivity index (χ4v) is 0.790. The zero-order chi connectivity index (χ0) is 9.52. The molecule has 0 aliphatic carbocycles. The molecule has 0 unspecified atom stereocenters. The van der Waals surface area contributed by atoms with Crippen molar-refractivity contribution in [1.29, 1.82) is 0 Å². The Hall–Kier alpha value is -1.07. The van der Waals surface area contributed by atoms with E-state index in [9.17, 15) is 0 Å². The number of hydrogen-bond donors (Lipinski definition) is 1. The van der Waals surface area contributed by atoms with Crippen LogP contribution in [0, 0.1) is 0 Å². The molecule has 0 aliphatic heterocycles. The summed E-state index contributed by atoms with van der Waals surface area (Å²) >= 11 is 0. The minimum Gasteiger partial charge on any atom is -0.450 e. The van der Waals surface area contributed by atoms with E-state index in [1.807, 2.05) is 0 Å². The summed E-state index contributed by atoms with van der Waals surface area (Å²) in [5.74, 6) is 0. The van der Waals surface area contributed by atoms with Crippen molar-refractivity contribution in [1.82, 2.24) is 4.98 Å². The Kier molecular flexibility index (Phi) is 4.28. The van der Waals surface area contributed by atoms with E-state index in [0.29, 0.717) is 18.9 Å². The topological polar surface area (TPSA) is 64.7 Å². The number of aromatic nitrogens is 1. The van der Waals surface area contributed by atoms with Crippen LogP contribution in [0.4, 0.5) is 0 Å². The smallest absolute Gasteiger partial charge is 0.393 e. The predicted octanol–water partition coefficient (Wildman–Crippen LogP) is 0.582. The zero-order valence-electron chi connectivity index (χ0n) is 7.52. The summed E-state index contributed by atoms with van der Waals surface area (Å²) in [4.78, 5) is 3.85. The summed E-state index contributed by atoms with van der Waals surface area (Å²) in [6, 6.07) is 0. The average Bonchev–Trinajstić information content (AvgIpc) is 2.60. The first kappa shape index (κ1) is 10.0. The van der Waals surface area contributed by atoms with Gasteiger partial charge in [-0.3, -0.25) is 0 Å². The van der Waals surface area contributed by atoms with Gasteiger partial charge >= 0.3 is 6.08 Å². The van der Waals surface area contributed by atoms with Crippen LogP contribution in [-0.4, -0.2) is 30.4 Å². The van der Waals surface area contributed by atoms with Gasteiger partial charge in [-0.2, -0.15) is 4.98 Å². The van der Waals surface area contributed by atoms with Crippen molar-refractivity contribution in [3.63, 3.8) is 0 Å². The zero-order valence-corrected chi connectivity index (χ0v) is 7.52. The summed E-state index contributed by atoms with van der Waals surface area (Å²) < 4.78 is 14.9. The first-order valence-corrected chi connectivity index (χ1v) is 4.04. The van der Waals surface area contributed by atoms with E-state index >= 15 is 0 Å². The van der Waals surface area contributed by atoms with Crippen molar-refractivity contribution in [3.8, 4) is 6.08 Å². The standard InChI is InChI=1S/C8H13NO4/c1-11-3-2-4-12-8-9-7(5-10)6-13-8/h6,10H,2-5H2,1H3. The van der Waals surface area contributed by atoms with Gasteiger partial charge in [-0.1, -0.05) is 0 Å². The molecule has 0 atom stereocenters. The molecule has 5 heteroatoms. The molecule has 0 saturated heterocycles. The van der Waals surface area contributed by atoms with Crippen molar-refractivity contribution < 1.29 is 19.0 Å². The fourth-order valence-electron chi connectivity index (χ4n) is 0.790. The molecular weight excluding hydrogens is 174 g/mol. The molecule has 0 amide bonds. The molecular formula is C8H13NO4. The Morgan fingerprint density at radius 1 is 1.54 bits per heavy atom. The summed E-state index contributed by atoms with van der Waals surface area (Å²) in [5, 5.41) is 8.66. The summed E-state index contributed by atoms with van der Waals surface area (Å²) in [6.45, 7) is 1.01. The maximum Gasteiger partial charge on any atom is 0.393 e. The lowest BCUT2D eigenvalue weighted by atomic mass is 10.5. The molecule has 1 rings (SSSR count). The SMILES string of the molecule is COCCCOc1nc(CO)co1. The summed E-state index contributed by atoms with van der Waals surface area (Å²) in [7, 11) is 1.63. The van der Waals surface area contributed by atoms with Gasteiger partial charge in [-0.25, -0.2) is 0 Å². The van der Waals surface area contributed by atoms with Gasteiger partial charge in [0.15, 0.2) is 0 Å². The number of methoxy groups -OCH3 is 1. The summed E-state index contributed by atoms with van der Waals surface area (Å²) in [6.07, 6.45) is 2.35. The number of hydrogen-bond acceptors (Lipinski definition) is 5. The van der Waals surface area contributed by atoms with Crippen molar-refractivity contribution in [2.45, 2.75) is 13.0 Å². The number of rotatable bonds is 6. The first-order chi connectivity index (χ1) is 6.36. The first-order valence-electron chi connectivity index (χ1n) is 4.04. The Labute approximate surface area is 76.3 Å². The number of ether oxygens (including phenoxy) is 2. The third kappa shape index (κ3) is 3.43. The van der Waals surface area contributed by atoms with Crippen molar-refractivity contribution in [2.24, 2.45) is 0 Å². The third-order valence-corrected chi connectivity index (χ3v) is 1.41. The Morgan fingerprint density at radius 3 is 3.00 bits per heavy atom. The highest BCUT2D eigenvalue weighted by Crippen LogP contribution is 2.09. The lowest BCUT2D eigenvalue weighted by Gasteiger charge is -1.99. The molecule has 1 heterocycles. The molecule has 0 saturated carbocycles. The molecule has 0 aliphatic rings. The van der Waals surface area contributed by atoms with E-state index in [1.165, 1.54) is 6.26 Å². The molecule has 13 heavy (non-hydrogen) atoms. The van der Waals surface area contributed by atoms with Gasteiger partial charge in [-0.05, 0) is 0 Å². The second-order valence-electron chi connectivity index (χ2n) is 2.46. The van der Waals surface area contributed by atoms with E-state index in [4.69, 9.17) is 19.0 Å². The third-order valence-electron chi connectivity index (χ3n) is 1.41. The predicted molar refractivity (Wildman–Crippen MR) is 44.4 cm³/mol. The molecule has 0 spiro atoms. The minimum absolute atomic E-state index is 0.134. The van der Waals surface area contributed by atoms with Crippen LogP contribution < -0.4 is 4.74 Å². The van der Waals surface area contributed by atoms with E-state index in [1.54, 1.807) is 7.11 Å². The van der Waals surface area contributed by atoms with Gasteiger partial charge in [0.25, 0.3) is 0 Å². The lowest BCUT2D eigenvalue weighted by Crippen LogP contribution is -2.01. The van der Waals surface area contributed by atoms with E-state index < -0.39 is 0 Å². The molecule has 1 N–H and O–H groups in total. The van der Waals surface area contributed by atoms with Crippen molar-refractivity contribution in [3.05, 3.63) is 12.0 Å². The highest BCUT2D eigenvalue weighted by atomic mass is 16.6. The molecule has 0 bridgehead atoms. The largest absolute Gasteiger partial charge is 0.450 e. The van der Waals surface area contributed by atoms with Crippen molar-refractivity contribution >= 4 is 0 Å². The average molecular weight is 187 g/mol. The van der Waals surface area contributed by atoms with E-state index in [0.717, 1.165) is 6.42 Å². The second-order valence-corrected chi connectivity index (χ2v) is 2.46. The normalized spacial score (nSPS) is 10.3. The number of nitrogens with zero attached hydrogens (tertiary/aromatic N) is 1. The maximum atomic E-state index is 8.66. The van der Waals surface area contributed by atoms with Crippen LogP contribution in [0.1, 0.15) is 12.1 Å². The van der Waals surface area contributed by atoms with Gasteiger partial charge in [-0.15, -0.1) is 0 Å². The highest BCUT2D eigenvalue weighted by molar-refractivity contribution is 4.97.